The lowest BCUT2D eigenvalue weighted by molar-refractivity contribution is 1.21. The van der Waals surface area contributed by atoms with E-state index in [1.54, 1.807) is 0 Å². The summed E-state index contributed by atoms with van der Waals surface area (Å²) in [6.07, 6.45) is 1.82. The average molecular weight is 293 g/mol. The molecule has 3 nitrogen and oxygen atoms in total. The van der Waals surface area contributed by atoms with Crippen molar-refractivity contribution in [1.29, 1.82) is 0 Å². The summed E-state index contributed by atoms with van der Waals surface area (Å²) >= 11 is 5.15. The number of fused-ring (bicyclic) bond motifs is 1. The van der Waals surface area contributed by atoms with Crippen LogP contribution >= 0.6 is 12.2 Å². The predicted octanol–water partition coefficient (Wildman–Crippen LogP) is 3.64. The highest BCUT2D eigenvalue weighted by Gasteiger charge is 2.13. The van der Waals surface area contributed by atoms with Gasteiger partial charge in [-0.2, -0.15) is 0 Å². The zero-order chi connectivity index (χ0) is 14.8. The number of benzene rings is 2. The largest absolute Gasteiger partial charge is 0.389 e. The number of nitrogens with zero attached hydrogens (tertiary/aromatic N) is 2. The highest BCUT2D eigenvalue weighted by molar-refractivity contribution is 7.80. The van der Waals surface area contributed by atoms with E-state index in [0.29, 0.717) is 4.99 Å². The van der Waals surface area contributed by atoms with Gasteiger partial charge in [0.05, 0.1) is 16.9 Å². The smallest absolute Gasteiger partial charge is 0.106 e. The first kappa shape index (κ1) is 13.5. The Morgan fingerprint density at radius 1 is 1.00 bits per heavy atom. The topological polar surface area (TPSA) is 42.1 Å². The first-order valence-corrected chi connectivity index (χ1v) is 7.05. The molecule has 2 aromatic carbocycles. The molecule has 104 valence electrons. The van der Waals surface area contributed by atoms with Gasteiger partial charge in [-0.25, -0.2) is 0 Å². The molecule has 1 heterocycles. The van der Waals surface area contributed by atoms with Gasteiger partial charge < -0.3 is 10.6 Å². The van der Waals surface area contributed by atoms with Gasteiger partial charge in [-0.15, -0.1) is 0 Å². The molecule has 4 heteroatoms. The Balaban J connectivity index is 2.18. The van der Waals surface area contributed by atoms with Crippen molar-refractivity contribution in [2.24, 2.45) is 5.73 Å². The molecule has 0 saturated carbocycles. The van der Waals surface area contributed by atoms with E-state index in [9.17, 15) is 0 Å². The van der Waals surface area contributed by atoms with Crippen LogP contribution in [0.15, 0.2) is 60.8 Å². The first-order valence-electron chi connectivity index (χ1n) is 6.65. The van der Waals surface area contributed by atoms with Gasteiger partial charge in [-0.1, -0.05) is 42.5 Å². The van der Waals surface area contributed by atoms with Crippen LogP contribution in [-0.2, 0) is 0 Å². The molecule has 0 saturated heterocycles. The molecule has 0 aliphatic rings. The van der Waals surface area contributed by atoms with E-state index >= 15 is 0 Å². The van der Waals surface area contributed by atoms with Crippen LogP contribution in [0.5, 0.6) is 0 Å². The zero-order valence-electron chi connectivity index (χ0n) is 11.7. The molecule has 0 aliphatic heterocycles. The van der Waals surface area contributed by atoms with Gasteiger partial charge in [0.1, 0.15) is 4.99 Å². The van der Waals surface area contributed by atoms with Gasteiger partial charge in [0, 0.05) is 24.2 Å². The Labute approximate surface area is 129 Å². The molecule has 1 aromatic heterocycles. The highest BCUT2D eigenvalue weighted by Crippen LogP contribution is 2.31. The van der Waals surface area contributed by atoms with Crippen molar-refractivity contribution in [3.8, 4) is 0 Å². The number of nitrogens with two attached hydrogens (primary N) is 1. The molecule has 0 amide bonds. The minimum Gasteiger partial charge on any atom is -0.389 e. The molecule has 2 N–H and O–H groups in total. The third-order valence-corrected chi connectivity index (χ3v) is 3.74. The Morgan fingerprint density at radius 3 is 2.52 bits per heavy atom. The Hall–Kier alpha value is -2.46. The average Bonchev–Trinajstić information content (AvgIpc) is 2.53. The van der Waals surface area contributed by atoms with Crippen LogP contribution in [0, 0.1) is 0 Å². The van der Waals surface area contributed by atoms with Crippen molar-refractivity contribution in [1.82, 2.24) is 4.98 Å². The standard InChI is InChI=1S/C17H15N3S/c1-20(15-9-5-3-7-13(15)17(18)21)16-10-11-19-14-8-4-2-6-12(14)16/h2-11H,1H3,(H2,18,21). The van der Waals surface area contributed by atoms with Crippen molar-refractivity contribution in [2.75, 3.05) is 11.9 Å². The summed E-state index contributed by atoms with van der Waals surface area (Å²) in [5.74, 6) is 0. The maximum absolute atomic E-state index is 5.84. The van der Waals surface area contributed by atoms with Crippen LogP contribution in [0.25, 0.3) is 10.9 Å². The summed E-state index contributed by atoms with van der Waals surface area (Å²) in [6, 6.07) is 18.0. The molecule has 0 atom stereocenters. The lowest BCUT2D eigenvalue weighted by Crippen LogP contribution is -2.17. The molecule has 3 aromatic rings. The summed E-state index contributed by atoms with van der Waals surface area (Å²) < 4.78 is 0. The van der Waals surface area contributed by atoms with E-state index in [2.05, 4.69) is 16.0 Å². The van der Waals surface area contributed by atoms with Crippen molar-refractivity contribution < 1.29 is 0 Å². The van der Waals surface area contributed by atoms with Gasteiger partial charge in [0.2, 0.25) is 0 Å². The number of rotatable bonds is 3. The lowest BCUT2D eigenvalue weighted by atomic mass is 10.1. The normalized spacial score (nSPS) is 10.5. The number of thiocarbonyl (C=S) groups is 1. The minimum atomic E-state index is 0.399. The van der Waals surface area contributed by atoms with E-state index in [-0.39, 0.29) is 0 Å². The fraction of sp³-hybridized carbons (Fsp3) is 0.0588. The van der Waals surface area contributed by atoms with Gasteiger partial charge in [0.25, 0.3) is 0 Å². The van der Waals surface area contributed by atoms with Crippen molar-refractivity contribution in [3.05, 3.63) is 66.4 Å². The van der Waals surface area contributed by atoms with Crippen LogP contribution in [-0.4, -0.2) is 17.0 Å². The number of hydrogen-bond acceptors (Lipinski definition) is 3. The number of hydrogen-bond donors (Lipinski definition) is 1. The Morgan fingerprint density at radius 2 is 1.71 bits per heavy atom. The van der Waals surface area contributed by atoms with Crippen LogP contribution in [0.2, 0.25) is 0 Å². The van der Waals surface area contributed by atoms with Crippen molar-refractivity contribution >= 4 is 39.5 Å². The van der Waals surface area contributed by atoms with Crippen LogP contribution < -0.4 is 10.6 Å². The van der Waals surface area contributed by atoms with Gasteiger partial charge in [-0.3, -0.25) is 4.98 Å². The Kier molecular flexibility index (Phi) is 3.54. The number of anilines is 2. The highest BCUT2D eigenvalue weighted by atomic mass is 32.1. The fourth-order valence-corrected chi connectivity index (χ4v) is 2.65. The molecule has 0 unspecified atom stereocenters. The molecule has 0 fully saturated rings. The molecule has 0 spiro atoms. The third kappa shape index (κ3) is 2.45. The quantitative estimate of drug-likeness (QED) is 0.749. The SMILES string of the molecule is CN(c1ccccc1C(N)=S)c1ccnc2ccccc12. The summed E-state index contributed by atoms with van der Waals surface area (Å²) in [7, 11) is 2.01. The Bertz CT molecular complexity index is 808. The van der Waals surface area contributed by atoms with E-state index in [0.717, 1.165) is 27.8 Å². The predicted molar refractivity (Wildman–Crippen MR) is 92.1 cm³/mol. The van der Waals surface area contributed by atoms with E-state index in [4.69, 9.17) is 18.0 Å². The van der Waals surface area contributed by atoms with Gasteiger partial charge in [-0.05, 0) is 24.3 Å². The number of para-hydroxylation sites is 2. The molecule has 0 radical (unpaired) electrons. The number of aromatic nitrogens is 1. The third-order valence-electron chi connectivity index (χ3n) is 3.52. The van der Waals surface area contributed by atoms with Crippen LogP contribution in [0.4, 0.5) is 11.4 Å². The van der Waals surface area contributed by atoms with Crippen LogP contribution in [0.1, 0.15) is 5.56 Å². The van der Waals surface area contributed by atoms with E-state index in [1.807, 2.05) is 61.8 Å². The monoisotopic (exact) mass is 293 g/mol. The summed E-state index contributed by atoms with van der Waals surface area (Å²) in [5.41, 5.74) is 9.73. The van der Waals surface area contributed by atoms with Gasteiger partial charge in [0.15, 0.2) is 0 Å². The molecule has 21 heavy (non-hydrogen) atoms. The number of pyridine rings is 1. The maximum Gasteiger partial charge on any atom is 0.106 e. The second-order valence-electron chi connectivity index (χ2n) is 4.79. The summed E-state index contributed by atoms with van der Waals surface area (Å²) in [4.78, 5) is 6.89. The second-order valence-corrected chi connectivity index (χ2v) is 5.23. The molecular weight excluding hydrogens is 278 g/mol. The van der Waals surface area contributed by atoms with E-state index < -0.39 is 0 Å². The minimum absolute atomic E-state index is 0.399. The van der Waals surface area contributed by atoms with E-state index in [1.165, 1.54) is 0 Å². The molecular formula is C17H15N3S. The summed E-state index contributed by atoms with van der Waals surface area (Å²) in [6.45, 7) is 0. The maximum atomic E-state index is 5.84. The van der Waals surface area contributed by atoms with Crippen LogP contribution in [0.3, 0.4) is 0 Å². The zero-order valence-corrected chi connectivity index (χ0v) is 12.5. The fourth-order valence-electron chi connectivity index (χ4n) is 2.48. The van der Waals surface area contributed by atoms with Gasteiger partial charge >= 0.3 is 0 Å². The van der Waals surface area contributed by atoms with Crippen molar-refractivity contribution in [2.45, 2.75) is 0 Å². The molecule has 0 bridgehead atoms. The molecule has 0 aliphatic carbocycles. The van der Waals surface area contributed by atoms with Crippen molar-refractivity contribution in [3.63, 3.8) is 0 Å². The molecule has 3 rings (SSSR count). The second kappa shape index (κ2) is 5.50. The first-order chi connectivity index (χ1) is 10.2. The lowest BCUT2D eigenvalue weighted by Gasteiger charge is -2.23. The summed E-state index contributed by atoms with van der Waals surface area (Å²) in [5, 5.41) is 1.10.